The number of carbonyl (C=O) groups excluding carboxylic acids is 1. The largest absolute Gasteiger partial charge is 0.468 e. The second kappa shape index (κ2) is 11.5. The highest BCUT2D eigenvalue weighted by Crippen LogP contribution is 2.10. The maximum atomic E-state index is 12.6. The molecule has 0 atom stereocenters. The van der Waals surface area contributed by atoms with Gasteiger partial charge in [0.05, 0.1) is 23.8 Å². The molecule has 1 amide bonds. The van der Waals surface area contributed by atoms with E-state index in [0.29, 0.717) is 24.1 Å². The Labute approximate surface area is 203 Å². The first-order chi connectivity index (χ1) is 17.0. The van der Waals surface area contributed by atoms with Crippen LogP contribution in [0.1, 0.15) is 17.7 Å². The van der Waals surface area contributed by atoms with E-state index in [1.807, 2.05) is 30.3 Å². The molecule has 4 rings (SSSR count). The number of benzene rings is 2. The summed E-state index contributed by atoms with van der Waals surface area (Å²) in [5.41, 5.74) is 1.09. The molecule has 0 aliphatic heterocycles. The molecule has 0 aliphatic carbocycles. The van der Waals surface area contributed by atoms with Crippen LogP contribution in [0.25, 0.3) is 11.0 Å². The molecule has 2 aromatic carbocycles. The number of nitrogens with one attached hydrogen (secondary N) is 1. The maximum absolute atomic E-state index is 12.6. The van der Waals surface area contributed by atoms with Crippen LogP contribution in [-0.4, -0.2) is 39.6 Å². The van der Waals surface area contributed by atoms with Gasteiger partial charge in [0.15, 0.2) is 0 Å². The average molecular weight is 475 g/mol. The van der Waals surface area contributed by atoms with Crippen molar-refractivity contribution in [1.82, 2.24) is 19.4 Å². The predicted octanol–water partition coefficient (Wildman–Crippen LogP) is 2.54. The van der Waals surface area contributed by atoms with Crippen LogP contribution < -0.4 is 16.4 Å². The van der Waals surface area contributed by atoms with Crippen LogP contribution in [0.5, 0.6) is 0 Å². The zero-order valence-electron chi connectivity index (χ0n) is 19.9. The molecule has 35 heavy (non-hydrogen) atoms. The number of rotatable bonds is 11. The third-order valence-electron chi connectivity index (χ3n) is 6.06. The number of fused-ring (bicyclic) bond motifs is 1. The molecule has 0 saturated carbocycles. The highest BCUT2D eigenvalue weighted by molar-refractivity contribution is 5.80. The number of amides is 1. The van der Waals surface area contributed by atoms with Crippen LogP contribution in [-0.2, 0) is 31.4 Å². The molecule has 0 bridgehead atoms. The van der Waals surface area contributed by atoms with Crippen molar-refractivity contribution in [3.8, 4) is 0 Å². The number of furan rings is 1. The van der Waals surface area contributed by atoms with E-state index in [4.69, 9.17) is 4.42 Å². The molecule has 4 aromatic rings. The zero-order chi connectivity index (χ0) is 24.6. The molecule has 1 N–H and O–H groups in total. The van der Waals surface area contributed by atoms with Gasteiger partial charge in [0.2, 0.25) is 5.91 Å². The summed E-state index contributed by atoms with van der Waals surface area (Å²) in [5, 5.41) is 2.89. The Morgan fingerprint density at radius 2 is 1.66 bits per heavy atom. The molecule has 2 heterocycles. The van der Waals surface area contributed by atoms with E-state index in [0.717, 1.165) is 31.7 Å². The van der Waals surface area contributed by atoms with Gasteiger partial charge in [0.25, 0.3) is 0 Å². The summed E-state index contributed by atoms with van der Waals surface area (Å²) in [4.78, 5) is 39.7. The van der Waals surface area contributed by atoms with Crippen LogP contribution in [0.4, 0.5) is 0 Å². The Morgan fingerprint density at radius 1 is 0.914 bits per heavy atom. The molecule has 0 fully saturated rings. The van der Waals surface area contributed by atoms with Gasteiger partial charge in [-0.3, -0.25) is 23.9 Å². The summed E-state index contributed by atoms with van der Waals surface area (Å²) in [6.45, 7) is 2.62. The lowest BCUT2D eigenvalue weighted by Crippen LogP contribution is -2.43. The molecular formula is C27H30N4O4. The summed E-state index contributed by atoms with van der Waals surface area (Å²) in [6, 6.07) is 21.2. The third-order valence-corrected chi connectivity index (χ3v) is 6.06. The average Bonchev–Trinajstić information content (AvgIpc) is 3.40. The van der Waals surface area contributed by atoms with Crippen molar-refractivity contribution in [3.05, 3.63) is 105 Å². The van der Waals surface area contributed by atoms with Crippen LogP contribution in [0.2, 0.25) is 0 Å². The molecule has 0 saturated heterocycles. The Balaban J connectivity index is 1.33. The molecule has 0 spiro atoms. The fraction of sp³-hybridized carbons (Fsp3) is 0.296. The van der Waals surface area contributed by atoms with Gasteiger partial charge in [0.1, 0.15) is 12.3 Å². The minimum atomic E-state index is -0.702. The van der Waals surface area contributed by atoms with E-state index in [9.17, 15) is 14.4 Å². The van der Waals surface area contributed by atoms with Crippen molar-refractivity contribution < 1.29 is 9.21 Å². The minimum Gasteiger partial charge on any atom is -0.468 e. The van der Waals surface area contributed by atoms with E-state index in [1.165, 1.54) is 14.7 Å². The normalized spacial score (nSPS) is 11.3. The summed E-state index contributed by atoms with van der Waals surface area (Å²) >= 11 is 0. The van der Waals surface area contributed by atoms with Crippen molar-refractivity contribution >= 4 is 16.9 Å². The topological polar surface area (TPSA) is 89.5 Å². The van der Waals surface area contributed by atoms with Crippen LogP contribution in [0.15, 0.2) is 87.0 Å². The van der Waals surface area contributed by atoms with E-state index in [1.54, 1.807) is 37.6 Å². The lowest BCUT2D eigenvalue weighted by molar-refractivity contribution is -0.121. The fourth-order valence-corrected chi connectivity index (χ4v) is 4.17. The Morgan fingerprint density at radius 3 is 2.40 bits per heavy atom. The SMILES string of the molecule is Cn1c(=O)c(=O)n(CC(=O)NCCCN(CCc2ccccc2)Cc2ccco2)c2ccccc21. The molecule has 2 aromatic heterocycles. The van der Waals surface area contributed by atoms with Crippen molar-refractivity contribution in [2.45, 2.75) is 25.9 Å². The molecule has 8 heteroatoms. The van der Waals surface area contributed by atoms with Gasteiger partial charge >= 0.3 is 11.1 Å². The van der Waals surface area contributed by atoms with E-state index in [2.05, 4.69) is 22.3 Å². The van der Waals surface area contributed by atoms with Gasteiger partial charge in [-0.2, -0.15) is 0 Å². The van der Waals surface area contributed by atoms with Crippen LogP contribution >= 0.6 is 0 Å². The lowest BCUT2D eigenvalue weighted by atomic mass is 10.1. The molecule has 182 valence electrons. The third kappa shape index (κ3) is 6.16. The minimum absolute atomic E-state index is 0.195. The second-order valence-corrected chi connectivity index (χ2v) is 8.54. The zero-order valence-corrected chi connectivity index (χ0v) is 19.9. The van der Waals surface area contributed by atoms with Crippen LogP contribution in [0, 0.1) is 0 Å². The van der Waals surface area contributed by atoms with Crippen molar-refractivity contribution in [2.75, 3.05) is 19.6 Å². The van der Waals surface area contributed by atoms with Crippen molar-refractivity contribution in [2.24, 2.45) is 7.05 Å². The number of carbonyl (C=O) groups is 1. The van der Waals surface area contributed by atoms with Gasteiger partial charge in [0, 0.05) is 26.7 Å². The highest BCUT2D eigenvalue weighted by atomic mass is 16.3. The summed E-state index contributed by atoms with van der Waals surface area (Å²) in [6.07, 6.45) is 3.34. The van der Waals surface area contributed by atoms with E-state index < -0.39 is 11.1 Å². The Hall–Kier alpha value is -3.91. The predicted molar refractivity (Wildman–Crippen MR) is 135 cm³/mol. The fourth-order valence-electron chi connectivity index (χ4n) is 4.17. The highest BCUT2D eigenvalue weighted by Gasteiger charge is 2.14. The monoisotopic (exact) mass is 474 g/mol. The Bertz CT molecular complexity index is 1370. The van der Waals surface area contributed by atoms with Gasteiger partial charge in [-0.05, 0) is 42.7 Å². The van der Waals surface area contributed by atoms with E-state index in [-0.39, 0.29) is 12.5 Å². The van der Waals surface area contributed by atoms with Crippen molar-refractivity contribution in [3.63, 3.8) is 0 Å². The summed E-state index contributed by atoms with van der Waals surface area (Å²) in [7, 11) is 1.56. The molecule has 0 aliphatic rings. The van der Waals surface area contributed by atoms with Crippen LogP contribution in [0.3, 0.4) is 0 Å². The number of nitrogens with zero attached hydrogens (tertiary/aromatic N) is 3. The number of para-hydroxylation sites is 2. The van der Waals surface area contributed by atoms with Crippen molar-refractivity contribution in [1.29, 1.82) is 0 Å². The summed E-state index contributed by atoms with van der Waals surface area (Å²) < 4.78 is 8.08. The van der Waals surface area contributed by atoms with Gasteiger partial charge in [-0.15, -0.1) is 0 Å². The second-order valence-electron chi connectivity index (χ2n) is 8.54. The molecule has 0 unspecified atom stereocenters. The van der Waals surface area contributed by atoms with Gasteiger partial charge < -0.3 is 14.3 Å². The molecular weight excluding hydrogens is 444 g/mol. The maximum Gasteiger partial charge on any atom is 0.317 e. The summed E-state index contributed by atoms with van der Waals surface area (Å²) in [5.74, 6) is 0.603. The quantitative estimate of drug-likeness (QED) is 0.267. The lowest BCUT2D eigenvalue weighted by Gasteiger charge is -2.21. The number of aryl methyl sites for hydroxylation is 1. The number of aromatic nitrogens is 2. The standard InChI is InChI=1S/C27H30N4O4/c1-29-23-12-5-6-13-24(23)31(27(34)26(29)33)20-25(32)28-15-8-16-30(19-22-11-7-18-35-22)17-14-21-9-3-2-4-10-21/h2-7,9-13,18H,8,14-17,19-20H2,1H3,(H,28,32). The number of hydrogen-bond donors (Lipinski definition) is 1. The molecule has 0 radical (unpaired) electrons. The Kier molecular flexibility index (Phi) is 7.95. The smallest absolute Gasteiger partial charge is 0.317 e. The van der Waals surface area contributed by atoms with Gasteiger partial charge in [-0.25, -0.2) is 0 Å². The first-order valence-corrected chi connectivity index (χ1v) is 11.8. The number of hydrogen-bond acceptors (Lipinski definition) is 5. The first kappa shape index (κ1) is 24.2. The van der Waals surface area contributed by atoms with Gasteiger partial charge in [-0.1, -0.05) is 42.5 Å². The molecule has 8 nitrogen and oxygen atoms in total. The first-order valence-electron chi connectivity index (χ1n) is 11.8. The van der Waals surface area contributed by atoms with E-state index >= 15 is 0 Å².